The molecule has 3 aromatic rings. The van der Waals surface area contributed by atoms with Crippen molar-refractivity contribution in [2.75, 3.05) is 18.5 Å². The first-order chi connectivity index (χ1) is 13.5. The number of nitrogens with one attached hydrogen (secondary N) is 1. The van der Waals surface area contributed by atoms with Crippen molar-refractivity contribution in [1.29, 1.82) is 0 Å². The van der Waals surface area contributed by atoms with Gasteiger partial charge in [0.2, 0.25) is 0 Å². The van der Waals surface area contributed by atoms with Crippen LogP contribution < -0.4 is 10.1 Å². The second kappa shape index (κ2) is 7.81. The molecule has 0 atom stereocenters. The molecule has 6 nitrogen and oxygen atoms in total. The Kier molecular flexibility index (Phi) is 5.24. The van der Waals surface area contributed by atoms with Crippen molar-refractivity contribution in [3.05, 3.63) is 53.3 Å². The standard InChI is InChI=1S/C21H23ClN4O2/c1-14(2)25-9-10-26-18-8-7-15(11-17(18)24-20(26)12-25)23-21(27)13-28-19-6-4-3-5-16(19)22/h3-8,11,14H,9-10,12-13H2,1-2H3,(H,23,27). The first-order valence-electron chi connectivity index (χ1n) is 9.41. The number of carbonyl (C=O) groups excluding carboxylic acids is 1. The van der Waals surface area contributed by atoms with Gasteiger partial charge in [-0.3, -0.25) is 9.69 Å². The highest BCUT2D eigenvalue weighted by atomic mass is 35.5. The van der Waals surface area contributed by atoms with Gasteiger partial charge in [-0.05, 0) is 44.2 Å². The average molecular weight is 399 g/mol. The van der Waals surface area contributed by atoms with Crippen LogP contribution in [0.15, 0.2) is 42.5 Å². The molecular weight excluding hydrogens is 376 g/mol. The van der Waals surface area contributed by atoms with Gasteiger partial charge in [-0.25, -0.2) is 4.98 Å². The van der Waals surface area contributed by atoms with Crippen LogP contribution >= 0.6 is 11.6 Å². The molecule has 28 heavy (non-hydrogen) atoms. The molecule has 0 fully saturated rings. The number of halogens is 1. The van der Waals surface area contributed by atoms with Gasteiger partial charge in [0, 0.05) is 24.8 Å². The number of fused-ring (bicyclic) bond motifs is 3. The largest absolute Gasteiger partial charge is 0.482 e. The van der Waals surface area contributed by atoms with Crippen LogP contribution in [0.2, 0.25) is 5.02 Å². The Hall–Kier alpha value is -2.57. The Morgan fingerprint density at radius 3 is 2.86 bits per heavy atom. The fourth-order valence-corrected chi connectivity index (χ4v) is 3.65. The number of hydrogen-bond acceptors (Lipinski definition) is 4. The summed E-state index contributed by atoms with van der Waals surface area (Å²) in [6.07, 6.45) is 0. The van der Waals surface area contributed by atoms with Crippen molar-refractivity contribution in [3.63, 3.8) is 0 Å². The Balaban J connectivity index is 1.45. The minimum Gasteiger partial charge on any atom is -0.482 e. The Morgan fingerprint density at radius 2 is 2.07 bits per heavy atom. The number of aromatic nitrogens is 2. The number of ether oxygens (including phenoxy) is 1. The molecule has 2 aromatic carbocycles. The van der Waals surface area contributed by atoms with Gasteiger partial charge < -0.3 is 14.6 Å². The molecular formula is C21H23ClN4O2. The van der Waals surface area contributed by atoms with E-state index in [9.17, 15) is 4.79 Å². The summed E-state index contributed by atoms with van der Waals surface area (Å²) in [4.78, 5) is 19.4. The molecule has 1 aliphatic heterocycles. The topological polar surface area (TPSA) is 59.4 Å². The van der Waals surface area contributed by atoms with Gasteiger partial charge in [-0.15, -0.1) is 0 Å². The summed E-state index contributed by atoms with van der Waals surface area (Å²) in [6.45, 7) is 7.10. The third-order valence-corrected chi connectivity index (χ3v) is 5.30. The van der Waals surface area contributed by atoms with Gasteiger partial charge in [0.25, 0.3) is 5.91 Å². The van der Waals surface area contributed by atoms with Crippen molar-refractivity contribution in [3.8, 4) is 5.75 Å². The van der Waals surface area contributed by atoms with Crippen molar-refractivity contribution in [1.82, 2.24) is 14.5 Å². The lowest BCUT2D eigenvalue weighted by Gasteiger charge is -2.30. The maximum Gasteiger partial charge on any atom is 0.262 e. The van der Waals surface area contributed by atoms with Crippen molar-refractivity contribution in [2.24, 2.45) is 0 Å². The lowest BCUT2D eigenvalue weighted by Crippen LogP contribution is -2.38. The van der Waals surface area contributed by atoms with E-state index in [0.717, 1.165) is 36.5 Å². The van der Waals surface area contributed by atoms with Gasteiger partial charge in [0.15, 0.2) is 6.61 Å². The predicted octanol–water partition coefficient (Wildman–Crippen LogP) is 3.93. The summed E-state index contributed by atoms with van der Waals surface area (Å²) in [5, 5.41) is 3.35. The van der Waals surface area contributed by atoms with E-state index >= 15 is 0 Å². The molecule has 1 aromatic heterocycles. The molecule has 0 unspecified atom stereocenters. The van der Waals surface area contributed by atoms with Crippen LogP contribution in [-0.4, -0.2) is 39.6 Å². The number of carbonyl (C=O) groups is 1. The number of amides is 1. The zero-order valence-electron chi connectivity index (χ0n) is 16.0. The van der Waals surface area contributed by atoms with Crippen molar-refractivity contribution in [2.45, 2.75) is 33.0 Å². The third kappa shape index (κ3) is 3.84. The Bertz CT molecular complexity index is 1010. The van der Waals surface area contributed by atoms with Gasteiger partial charge >= 0.3 is 0 Å². The van der Waals surface area contributed by atoms with Crippen LogP contribution in [0.3, 0.4) is 0 Å². The first kappa shape index (κ1) is 18.8. The highest BCUT2D eigenvalue weighted by Crippen LogP contribution is 2.25. The number of hydrogen-bond donors (Lipinski definition) is 1. The minimum atomic E-state index is -0.241. The molecule has 2 heterocycles. The SMILES string of the molecule is CC(C)N1CCn2c(nc3cc(NC(=O)COc4ccccc4Cl)ccc32)C1. The van der Waals surface area contributed by atoms with Crippen LogP contribution in [0.4, 0.5) is 5.69 Å². The summed E-state index contributed by atoms with van der Waals surface area (Å²) < 4.78 is 7.75. The predicted molar refractivity (Wildman–Crippen MR) is 111 cm³/mol. The van der Waals surface area contributed by atoms with Crippen molar-refractivity contribution >= 4 is 34.2 Å². The maximum atomic E-state index is 12.2. The second-order valence-electron chi connectivity index (χ2n) is 7.21. The summed E-state index contributed by atoms with van der Waals surface area (Å²) >= 11 is 6.04. The summed E-state index contributed by atoms with van der Waals surface area (Å²) in [7, 11) is 0. The van der Waals surface area contributed by atoms with E-state index in [0.29, 0.717) is 22.5 Å². The second-order valence-corrected chi connectivity index (χ2v) is 7.62. The highest BCUT2D eigenvalue weighted by Gasteiger charge is 2.21. The minimum absolute atomic E-state index is 0.106. The molecule has 1 N–H and O–H groups in total. The van der Waals surface area contributed by atoms with Crippen LogP contribution in [0.1, 0.15) is 19.7 Å². The van der Waals surface area contributed by atoms with Crippen LogP contribution in [0.5, 0.6) is 5.75 Å². The number of imidazole rings is 1. The zero-order valence-corrected chi connectivity index (χ0v) is 16.7. The third-order valence-electron chi connectivity index (χ3n) is 4.99. The molecule has 1 aliphatic rings. The quantitative estimate of drug-likeness (QED) is 0.707. The van der Waals surface area contributed by atoms with Crippen LogP contribution in [0.25, 0.3) is 11.0 Å². The lowest BCUT2D eigenvalue weighted by atomic mass is 10.2. The summed E-state index contributed by atoms with van der Waals surface area (Å²) in [5.74, 6) is 1.32. The molecule has 146 valence electrons. The molecule has 0 bridgehead atoms. The van der Waals surface area contributed by atoms with E-state index < -0.39 is 0 Å². The van der Waals surface area contributed by atoms with Gasteiger partial charge in [-0.2, -0.15) is 0 Å². The maximum absolute atomic E-state index is 12.2. The van der Waals surface area contributed by atoms with Gasteiger partial charge in [0.1, 0.15) is 11.6 Å². The normalized spacial score (nSPS) is 14.3. The lowest BCUT2D eigenvalue weighted by molar-refractivity contribution is -0.118. The molecule has 7 heteroatoms. The average Bonchev–Trinajstić information content (AvgIpc) is 3.04. The van der Waals surface area contributed by atoms with E-state index in [1.54, 1.807) is 12.1 Å². The monoisotopic (exact) mass is 398 g/mol. The van der Waals surface area contributed by atoms with E-state index in [1.165, 1.54) is 0 Å². The number of benzene rings is 2. The van der Waals surface area contributed by atoms with Gasteiger partial charge in [0.05, 0.1) is 22.6 Å². The number of para-hydroxylation sites is 1. The first-order valence-corrected chi connectivity index (χ1v) is 9.79. The molecule has 0 saturated heterocycles. The molecule has 0 saturated carbocycles. The fourth-order valence-electron chi connectivity index (χ4n) is 3.46. The van der Waals surface area contributed by atoms with E-state index in [2.05, 4.69) is 28.6 Å². The number of rotatable bonds is 5. The number of nitrogens with zero attached hydrogens (tertiary/aromatic N) is 3. The summed E-state index contributed by atoms with van der Waals surface area (Å²) in [6, 6.07) is 13.4. The molecule has 1 amide bonds. The Labute approximate surface area is 169 Å². The zero-order chi connectivity index (χ0) is 19.7. The Morgan fingerprint density at radius 1 is 1.25 bits per heavy atom. The summed E-state index contributed by atoms with van der Waals surface area (Å²) in [5.41, 5.74) is 2.70. The van der Waals surface area contributed by atoms with Crippen LogP contribution in [0, 0.1) is 0 Å². The molecule has 4 rings (SSSR count). The van der Waals surface area contributed by atoms with Crippen LogP contribution in [-0.2, 0) is 17.9 Å². The van der Waals surface area contributed by atoms with E-state index in [1.807, 2.05) is 30.3 Å². The molecule has 0 aliphatic carbocycles. The van der Waals surface area contributed by atoms with E-state index in [4.69, 9.17) is 21.3 Å². The fraction of sp³-hybridized carbons (Fsp3) is 0.333. The van der Waals surface area contributed by atoms with Crippen molar-refractivity contribution < 1.29 is 9.53 Å². The number of anilines is 1. The van der Waals surface area contributed by atoms with E-state index in [-0.39, 0.29) is 12.5 Å². The highest BCUT2D eigenvalue weighted by molar-refractivity contribution is 6.32. The molecule has 0 radical (unpaired) electrons. The smallest absolute Gasteiger partial charge is 0.262 e. The molecule has 0 spiro atoms. The van der Waals surface area contributed by atoms with Gasteiger partial charge in [-0.1, -0.05) is 23.7 Å².